The first-order valence-corrected chi connectivity index (χ1v) is 8.18. The molecule has 0 spiro atoms. The van der Waals surface area contributed by atoms with Crippen molar-refractivity contribution < 1.29 is 4.92 Å². The van der Waals surface area contributed by atoms with Crippen LogP contribution >= 0.6 is 23.2 Å². The molecule has 1 aliphatic carbocycles. The van der Waals surface area contributed by atoms with Crippen molar-refractivity contribution in [3.63, 3.8) is 0 Å². The highest BCUT2D eigenvalue weighted by Gasteiger charge is 2.28. The average molecular weight is 359 g/mol. The van der Waals surface area contributed by atoms with Crippen LogP contribution < -0.4 is 0 Å². The zero-order valence-corrected chi connectivity index (χ0v) is 14.4. The minimum Gasteiger partial charge on any atom is -0.258 e. The Balaban J connectivity index is 2.16. The maximum absolute atomic E-state index is 11.8. The highest BCUT2D eigenvalue weighted by Crippen LogP contribution is 2.38. The van der Waals surface area contributed by atoms with Gasteiger partial charge in [0, 0.05) is 12.0 Å². The number of hydrogen-bond acceptors (Lipinski definition) is 2. The lowest BCUT2D eigenvalue weighted by atomic mass is 9.87. The van der Waals surface area contributed by atoms with E-state index in [1.807, 2.05) is 43.7 Å². The lowest BCUT2D eigenvalue weighted by Crippen LogP contribution is -2.09. The van der Waals surface area contributed by atoms with E-state index < -0.39 is 0 Å². The van der Waals surface area contributed by atoms with Crippen LogP contribution in [0.3, 0.4) is 0 Å². The van der Waals surface area contributed by atoms with Crippen molar-refractivity contribution in [2.24, 2.45) is 0 Å². The molecular weight excluding hydrogens is 345 g/mol. The van der Waals surface area contributed by atoms with Crippen molar-refractivity contribution in [3.05, 3.63) is 97.5 Å². The molecule has 121 valence electrons. The Morgan fingerprint density at radius 2 is 1.67 bits per heavy atom. The summed E-state index contributed by atoms with van der Waals surface area (Å²) in [7, 11) is 0. The summed E-state index contributed by atoms with van der Waals surface area (Å²) in [6.45, 7) is 1.98. The van der Waals surface area contributed by atoms with Gasteiger partial charge in [-0.15, -0.1) is 0 Å². The molecule has 0 amide bonds. The molecule has 0 aromatic heterocycles. The molecule has 2 aromatic carbocycles. The van der Waals surface area contributed by atoms with E-state index in [0.717, 1.165) is 11.1 Å². The van der Waals surface area contributed by atoms with E-state index in [1.54, 1.807) is 18.2 Å². The van der Waals surface area contributed by atoms with Crippen LogP contribution in [0.25, 0.3) is 11.1 Å². The second-order valence-corrected chi connectivity index (χ2v) is 6.39. The van der Waals surface area contributed by atoms with Crippen LogP contribution in [0.4, 0.5) is 0 Å². The van der Waals surface area contributed by atoms with Gasteiger partial charge < -0.3 is 0 Å². The number of rotatable bonds is 3. The van der Waals surface area contributed by atoms with Gasteiger partial charge in [-0.2, -0.15) is 0 Å². The first kappa shape index (κ1) is 16.7. The Hall–Kier alpha value is -2.10. The van der Waals surface area contributed by atoms with E-state index in [0.29, 0.717) is 33.2 Å². The van der Waals surface area contributed by atoms with Crippen molar-refractivity contribution in [3.8, 4) is 0 Å². The van der Waals surface area contributed by atoms with E-state index in [9.17, 15) is 10.1 Å². The molecule has 5 heteroatoms. The van der Waals surface area contributed by atoms with Gasteiger partial charge in [0.15, 0.2) is 0 Å². The largest absolute Gasteiger partial charge is 0.280 e. The topological polar surface area (TPSA) is 43.1 Å². The normalized spacial score (nSPS) is 14.5. The molecule has 0 N–H and O–H groups in total. The smallest absolute Gasteiger partial charge is 0.258 e. The number of nitrogens with zero attached hydrogens (tertiary/aromatic N) is 1. The van der Waals surface area contributed by atoms with E-state index in [2.05, 4.69) is 0 Å². The zero-order chi connectivity index (χ0) is 17.3. The van der Waals surface area contributed by atoms with Gasteiger partial charge in [-0.3, -0.25) is 10.1 Å². The summed E-state index contributed by atoms with van der Waals surface area (Å²) in [4.78, 5) is 11.4. The minimum atomic E-state index is -0.334. The average Bonchev–Trinajstić information content (AvgIpc) is 2.57. The molecule has 0 saturated heterocycles. The van der Waals surface area contributed by atoms with Gasteiger partial charge in [0.25, 0.3) is 5.70 Å². The molecule has 0 aliphatic heterocycles. The molecule has 3 nitrogen and oxygen atoms in total. The van der Waals surface area contributed by atoms with Crippen molar-refractivity contribution in [1.82, 2.24) is 0 Å². The van der Waals surface area contributed by atoms with Crippen LogP contribution in [0.5, 0.6) is 0 Å². The van der Waals surface area contributed by atoms with Crippen LogP contribution in [-0.4, -0.2) is 4.92 Å². The first-order chi connectivity index (χ1) is 11.5. The molecule has 0 bridgehead atoms. The SMILES string of the molecule is Cc1ccc(C2=CC[CH]C(c3ccc(Cl)c(Cl)c3)=C2[N+](=O)[O-])cc1. The van der Waals surface area contributed by atoms with Gasteiger partial charge in [-0.25, -0.2) is 0 Å². The molecule has 0 saturated carbocycles. The minimum absolute atomic E-state index is 0.0866. The Morgan fingerprint density at radius 3 is 2.29 bits per heavy atom. The van der Waals surface area contributed by atoms with Crippen LogP contribution in [-0.2, 0) is 0 Å². The summed E-state index contributed by atoms with van der Waals surface area (Å²) in [5.74, 6) is 0. The molecule has 24 heavy (non-hydrogen) atoms. The standard InChI is InChI=1S/C19H14Cl2NO2/c1-12-5-7-13(8-6-12)15-3-2-4-16(19(15)22(23)24)14-9-10-17(20)18(21)11-14/h3-11H,2H2,1H3. The number of halogens is 2. The molecule has 0 unspecified atom stereocenters. The van der Waals surface area contributed by atoms with Gasteiger partial charge in [-0.1, -0.05) is 65.2 Å². The molecule has 3 rings (SSSR count). The van der Waals surface area contributed by atoms with Gasteiger partial charge in [0.1, 0.15) is 0 Å². The lowest BCUT2D eigenvalue weighted by Gasteiger charge is -2.16. The third-order valence-electron chi connectivity index (χ3n) is 3.93. The molecule has 0 atom stereocenters. The van der Waals surface area contributed by atoms with Crippen molar-refractivity contribution >= 4 is 34.3 Å². The van der Waals surface area contributed by atoms with E-state index in [4.69, 9.17) is 23.2 Å². The summed E-state index contributed by atoms with van der Waals surface area (Å²) in [5.41, 5.74) is 3.91. The molecule has 1 radical (unpaired) electrons. The number of aryl methyl sites for hydroxylation is 1. The van der Waals surface area contributed by atoms with Crippen LogP contribution in [0.15, 0.2) is 54.2 Å². The zero-order valence-electron chi connectivity index (χ0n) is 12.9. The first-order valence-electron chi connectivity index (χ1n) is 7.42. The third kappa shape index (κ3) is 3.23. The predicted molar refractivity (Wildman–Crippen MR) is 98.4 cm³/mol. The number of benzene rings is 2. The summed E-state index contributed by atoms with van der Waals surface area (Å²) >= 11 is 12.0. The van der Waals surface area contributed by atoms with E-state index in [1.165, 1.54) is 0 Å². The maximum Gasteiger partial charge on any atom is 0.280 e. The van der Waals surface area contributed by atoms with E-state index >= 15 is 0 Å². The predicted octanol–water partition coefficient (Wildman–Crippen LogP) is 5.98. The second kappa shape index (κ2) is 6.80. The molecule has 2 aromatic rings. The van der Waals surface area contributed by atoms with Crippen LogP contribution in [0.2, 0.25) is 10.0 Å². The third-order valence-corrected chi connectivity index (χ3v) is 4.67. The highest BCUT2D eigenvalue weighted by atomic mass is 35.5. The summed E-state index contributed by atoms with van der Waals surface area (Å²) < 4.78 is 0. The molecule has 0 heterocycles. The van der Waals surface area contributed by atoms with Gasteiger partial charge in [0.05, 0.1) is 20.5 Å². The number of hydrogen-bond donors (Lipinski definition) is 0. The number of allylic oxidation sites excluding steroid dienone is 3. The summed E-state index contributed by atoms with van der Waals surface area (Å²) in [6, 6.07) is 12.8. The summed E-state index contributed by atoms with van der Waals surface area (Å²) in [5, 5.41) is 12.6. The fourth-order valence-corrected chi connectivity index (χ4v) is 3.03. The number of nitro groups is 1. The van der Waals surface area contributed by atoms with Gasteiger partial charge >= 0.3 is 0 Å². The maximum atomic E-state index is 11.8. The van der Waals surface area contributed by atoms with E-state index in [-0.39, 0.29) is 10.6 Å². The van der Waals surface area contributed by atoms with Crippen LogP contribution in [0.1, 0.15) is 23.1 Å². The van der Waals surface area contributed by atoms with Crippen molar-refractivity contribution in [2.75, 3.05) is 0 Å². The van der Waals surface area contributed by atoms with Crippen molar-refractivity contribution in [2.45, 2.75) is 13.3 Å². The van der Waals surface area contributed by atoms with Gasteiger partial charge in [-0.05, 0) is 36.6 Å². The van der Waals surface area contributed by atoms with Crippen molar-refractivity contribution in [1.29, 1.82) is 0 Å². The Labute approximate surface area is 150 Å². The Kier molecular flexibility index (Phi) is 4.74. The van der Waals surface area contributed by atoms with Crippen LogP contribution in [0, 0.1) is 23.5 Å². The highest BCUT2D eigenvalue weighted by molar-refractivity contribution is 6.42. The lowest BCUT2D eigenvalue weighted by molar-refractivity contribution is -0.416. The fraction of sp³-hybridized carbons (Fsp3) is 0.105. The summed E-state index contributed by atoms with van der Waals surface area (Å²) in [6.07, 6.45) is 4.34. The molecule has 1 aliphatic rings. The van der Waals surface area contributed by atoms with Gasteiger partial charge in [0.2, 0.25) is 0 Å². The monoisotopic (exact) mass is 358 g/mol. The molecular formula is C19H14Cl2NO2. The quantitative estimate of drug-likeness (QED) is 0.500. The Morgan fingerprint density at radius 1 is 1.00 bits per heavy atom. The Bertz CT molecular complexity index is 867. The molecule has 0 fully saturated rings. The fourth-order valence-electron chi connectivity index (χ4n) is 2.74. The second-order valence-electron chi connectivity index (χ2n) is 5.57.